The van der Waals surface area contributed by atoms with E-state index in [-0.39, 0.29) is 23.1 Å². The zero-order valence-corrected chi connectivity index (χ0v) is 10.7. The van der Waals surface area contributed by atoms with Crippen LogP contribution in [0.2, 0.25) is 0 Å². The number of rotatable bonds is 2. The van der Waals surface area contributed by atoms with Crippen molar-refractivity contribution in [1.29, 1.82) is 0 Å². The van der Waals surface area contributed by atoms with E-state index in [9.17, 15) is 8.78 Å². The molecule has 6 heteroatoms. The van der Waals surface area contributed by atoms with E-state index in [1.807, 2.05) is 6.92 Å². The van der Waals surface area contributed by atoms with E-state index in [0.29, 0.717) is 6.54 Å². The average Bonchev–Trinajstić information content (AvgIpc) is 2.39. The van der Waals surface area contributed by atoms with E-state index < -0.39 is 11.6 Å². The molecule has 0 saturated carbocycles. The minimum Gasteiger partial charge on any atom is -0.409 e. The maximum absolute atomic E-state index is 14.1. The summed E-state index contributed by atoms with van der Waals surface area (Å²) >= 11 is 0. The number of benzene rings is 1. The Hall–Kier alpha value is -1.85. The fraction of sp³-hybridized carbons (Fsp3) is 0.462. The molecule has 1 aliphatic rings. The summed E-state index contributed by atoms with van der Waals surface area (Å²) in [5.41, 5.74) is 5.35. The van der Waals surface area contributed by atoms with Crippen molar-refractivity contribution in [3.05, 3.63) is 29.3 Å². The van der Waals surface area contributed by atoms with Crippen molar-refractivity contribution in [2.45, 2.75) is 32.2 Å². The lowest BCUT2D eigenvalue weighted by Crippen LogP contribution is -2.38. The normalized spacial score (nSPS) is 20.7. The van der Waals surface area contributed by atoms with Crippen molar-refractivity contribution in [3.63, 3.8) is 0 Å². The van der Waals surface area contributed by atoms with Gasteiger partial charge in [-0.2, -0.15) is 0 Å². The van der Waals surface area contributed by atoms with E-state index >= 15 is 0 Å². The molecular weight excluding hydrogens is 252 g/mol. The zero-order chi connectivity index (χ0) is 14.0. The van der Waals surface area contributed by atoms with Crippen molar-refractivity contribution in [1.82, 2.24) is 0 Å². The Labute approximate surface area is 110 Å². The number of nitrogens with zero attached hydrogens (tertiary/aromatic N) is 2. The van der Waals surface area contributed by atoms with Crippen LogP contribution in [0.1, 0.15) is 31.7 Å². The van der Waals surface area contributed by atoms with E-state index in [1.54, 1.807) is 4.90 Å². The van der Waals surface area contributed by atoms with Crippen LogP contribution in [0.5, 0.6) is 0 Å². The van der Waals surface area contributed by atoms with Crippen LogP contribution in [0, 0.1) is 11.6 Å². The maximum Gasteiger partial charge on any atom is 0.170 e. The van der Waals surface area contributed by atoms with Gasteiger partial charge in [-0.05, 0) is 38.3 Å². The van der Waals surface area contributed by atoms with Crippen molar-refractivity contribution in [3.8, 4) is 0 Å². The molecule has 1 heterocycles. The van der Waals surface area contributed by atoms with Crippen LogP contribution in [-0.2, 0) is 0 Å². The lowest BCUT2D eigenvalue weighted by Gasteiger charge is -2.35. The van der Waals surface area contributed by atoms with Crippen LogP contribution >= 0.6 is 0 Å². The van der Waals surface area contributed by atoms with E-state index in [2.05, 4.69) is 5.16 Å². The molecule has 0 amide bonds. The molecule has 0 radical (unpaired) electrons. The highest BCUT2D eigenvalue weighted by Gasteiger charge is 2.25. The Morgan fingerprint density at radius 1 is 1.37 bits per heavy atom. The van der Waals surface area contributed by atoms with Gasteiger partial charge in [0.05, 0.1) is 0 Å². The zero-order valence-electron chi connectivity index (χ0n) is 10.7. The van der Waals surface area contributed by atoms with E-state index in [1.165, 1.54) is 0 Å². The molecule has 1 aliphatic heterocycles. The van der Waals surface area contributed by atoms with E-state index in [4.69, 9.17) is 10.9 Å². The van der Waals surface area contributed by atoms with Gasteiger partial charge in [0, 0.05) is 18.2 Å². The van der Waals surface area contributed by atoms with Crippen LogP contribution in [0.15, 0.2) is 17.3 Å². The van der Waals surface area contributed by atoms with Crippen molar-refractivity contribution in [2.24, 2.45) is 10.9 Å². The largest absolute Gasteiger partial charge is 0.409 e. The fourth-order valence-electron chi connectivity index (χ4n) is 2.48. The lowest BCUT2D eigenvalue weighted by atomic mass is 10.0. The topological polar surface area (TPSA) is 61.8 Å². The molecule has 19 heavy (non-hydrogen) atoms. The van der Waals surface area contributed by atoms with Crippen LogP contribution in [-0.4, -0.2) is 23.6 Å². The molecule has 0 bridgehead atoms. The second-order valence-corrected chi connectivity index (χ2v) is 4.81. The van der Waals surface area contributed by atoms with Crippen molar-refractivity contribution < 1.29 is 14.0 Å². The highest BCUT2D eigenvalue weighted by molar-refractivity contribution is 5.97. The number of piperidine rings is 1. The minimum absolute atomic E-state index is 0.0262. The first-order valence-corrected chi connectivity index (χ1v) is 6.28. The summed E-state index contributed by atoms with van der Waals surface area (Å²) < 4.78 is 28.2. The molecule has 104 valence electrons. The summed E-state index contributed by atoms with van der Waals surface area (Å²) in [6.07, 6.45) is 2.91. The summed E-state index contributed by atoms with van der Waals surface area (Å²) in [6.45, 7) is 2.59. The Morgan fingerprint density at radius 3 is 2.53 bits per heavy atom. The predicted molar refractivity (Wildman–Crippen MR) is 69.5 cm³/mol. The summed E-state index contributed by atoms with van der Waals surface area (Å²) in [6, 6.07) is 2.29. The molecule has 1 aromatic rings. The number of hydrogen-bond acceptors (Lipinski definition) is 3. The number of nitrogens with two attached hydrogens (primary N) is 1. The van der Waals surface area contributed by atoms with Gasteiger partial charge in [-0.25, -0.2) is 8.78 Å². The Morgan fingerprint density at radius 2 is 2.00 bits per heavy atom. The highest BCUT2D eigenvalue weighted by Crippen LogP contribution is 2.30. The summed E-state index contributed by atoms with van der Waals surface area (Å²) in [5.74, 6) is -1.68. The highest BCUT2D eigenvalue weighted by atomic mass is 19.1. The van der Waals surface area contributed by atoms with Crippen molar-refractivity contribution >= 4 is 11.5 Å². The van der Waals surface area contributed by atoms with Crippen LogP contribution in [0.3, 0.4) is 0 Å². The summed E-state index contributed by atoms with van der Waals surface area (Å²) in [5, 5.41) is 11.3. The third-order valence-electron chi connectivity index (χ3n) is 3.51. The molecule has 1 unspecified atom stereocenters. The molecule has 1 saturated heterocycles. The molecule has 3 N–H and O–H groups in total. The molecule has 0 aliphatic carbocycles. The second-order valence-electron chi connectivity index (χ2n) is 4.81. The number of oxime groups is 1. The summed E-state index contributed by atoms with van der Waals surface area (Å²) in [4.78, 5) is 1.74. The predicted octanol–water partition coefficient (Wildman–Crippen LogP) is 2.44. The first-order chi connectivity index (χ1) is 9.04. The molecule has 0 spiro atoms. The number of anilines is 1. The molecular formula is C13H17F2N3O. The van der Waals surface area contributed by atoms with Gasteiger partial charge in [-0.15, -0.1) is 0 Å². The Balaban J connectivity index is 2.41. The monoisotopic (exact) mass is 269 g/mol. The smallest absolute Gasteiger partial charge is 0.170 e. The Kier molecular flexibility index (Phi) is 3.87. The number of halogens is 2. The molecule has 4 nitrogen and oxygen atoms in total. The average molecular weight is 269 g/mol. The molecule has 0 aromatic heterocycles. The van der Waals surface area contributed by atoms with Crippen LogP contribution in [0.4, 0.5) is 14.5 Å². The fourth-order valence-corrected chi connectivity index (χ4v) is 2.48. The van der Waals surface area contributed by atoms with Gasteiger partial charge in [0.25, 0.3) is 0 Å². The van der Waals surface area contributed by atoms with Gasteiger partial charge < -0.3 is 15.8 Å². The van der Waals surface area contributed by atoms with Gasteiger partial charge in [-0.1, -0.05) is 5.16 Å². The molecule has 1 fully saturated rings. The first kappa shape index (κ1) is 13.6. The first-order valence-electron chi connectivity index (χ1n) is 6.28. The van der Waals surface area contributed by atoms with Gasteiger partial charge >= 0.3 is 0 Å². The molecule has 1 atom stereocenters. The third kappa shape index (κ3) is 2.62. The Bertz CT molecular complexity index is 482. The third-order valence-corrected chi connectivity index (χ3v) is 3.51. The minimum atomic E-state index is -0.685. The quantitative estimate of drug-likeness (QED) is 0.375. The van der Waals surface area contributed by atoms with Gasteiger partial charge in [0.2, 0.25) is 0 Å². The lowest BCUT2D eigenvalue weighted by molar-refractivity contribution is 0.318. The van der Waals surface area contributed by atoms with Crippen molar-refractivity contribution in [2.75, 3.05) is 11.4 Å². The van der Waals surface area contributed by atoms with Gasteiger partial charge in [0.15, 0.2) is 5.84 Å². The van der Waals surface area contributed by atoms with Crippen LogP contribution < -0.4 is 10.6 Å². The molecule has 1 aromatic carbocycles. The molecule has 2 rings (SSSR count). The number of hydrogen-bond donors (Lipinski definition) is 2. The van der Waals surface area contributed by atoms with Gasteiger partial charge in [-0.3, -0.25) is 0 Å². The van der Waals surface area contributed by atoms with Crippen LogP contribution in [0.25, 0.3) is 0 Å². The second kappa shape index (κ2) is 5.42. The number of amidine groups is 1. The van der Waals surface area contributed by atoms with E-state index in [0.717, 1.165) is 31.4 Å². The van der Waals surface area contributed by atoms with Gasteiger partial charge in [0.1, 0.15) is 17.3 Å². The summed E-state index contributed by atoms with van der Waals surface area (Å²) in [7, 11) is 0. The SMILES string of the molecule is CC1CCCCN1c1c(F)cc(C(N)=NO)cc1F. The standard InChI is InChI=1S/C13H17F2N3O/c1-8-4-2-3-5-18(8)12-10(14)6-9(7-11(12)15)13(16)17-19/h6-8,19H,2-5H2,1H3,(H2,16,17). The maximum atomic E-state index is 14.1.